The molecule has 5 nitrogen and oxygen atoms in total. The molecule has 0 atom stereocenters. The molecule has 162 valence electrons. The molecule has 3 aromatic rings. The van der Waals surface area contributed by atoms with E-state index in [0.29, 0.717) is 25.7 Å². The molecule has 0 unspecified atom stereocenters. The van der Waals surface area contributed by atoms with Crippen LogP contribution in [0.2, 0.25) is 0 Å². The molecule has 0 bridgehead atoms. The van der Waals surface area contributed by atoms with E-state index >= 15 is 0 Å². The van der Waals surface area contributed by atoms with Gasteiger partial charge in [0.15, 0.2) is 5.96 Å². The lowest BCUT2D eigenvalue weighted by Gasteiger charge is -2.13. The number of nitrogens with zero attached hydrogens (tertiary/aromatic N) is 2. The Balaban J connectivity index is 1.44. The van der Waals surface area contributed by atoms with Crippen LogP contribution >= 0.6 is 0 Å². The number of alkyl halides is 3. The zero-order valence-corrected chi connectivity index (χ0v) is 17.0. The van der Waals surface area contributed by atoms with Crippen molar-refractivity contribution in [2.24, 2.45) is 4.99 Å². The van der Waals surface area contributed by atoms with Gasteiger partial charge < -0.3 is 15.4 Å². The van der Waals surface area contributed by atoms with Gasteiger partial charge in [-0.2, -0.15) is 13.2 Å². The average Bonchev–Trinajstić information content (AvgIpc) is 2.79. The molecule has 0 saturated heterocycles. The number of rotatable bonds is 7. The molecule has 0 fully saturated rings. The van der Waals surface area contributed by atoms with Crippen molar-refractivity contribution in [3.63, 3.8) is 0 Å². The molecule has 31 heavy (non-hydrogen) atoms. The van der Waals surface area contributed by atoms with Gasteiger partial charge in [-0.15, -0.1) is 0 Å². The number of nitrogens with one attached hydrogen (secondary N) is 2. The van der Waals surface area contributed by atoms with Gasteiger partial charge in [-0.3, -0.25) is 9.98 Å². The van der Waals surface area contributed by atoms with E-state index in [4.69, 9.17) is 4.74 Å². The molecule has 1 heterocycles. The molecule has 8 heteroatoms. The summed E-state index contributed by atoms with van der Waals surface area (Å²) in [5.41, 5.74) is 1.95. The van der Waals surface area contributed by atoms with Gasteiger partial charge in [-0.05, 0) is 47.5 Å². The van der Waals surface area contributed by atoms with Crippen molar-refractivity contribution in [2.75, 3.05) is 7.05 Å². The number of benzene rings is 2. The van der Waals surface area contributed by atoms with E-state index in [9.17, 15) is 13.2 Å². The highest BCUT2D eigenvalue weighted by Gasteiger charge is 2.29. The Morgan fingerprint density at radius 1 is 0.903 bits per heavy atom. The number of aliphatic imine (C=N–C) groups is 1. The molecule has 0 amide bonds. The minimum atomic E-state index is -4.33. The van der Waals surface area contributed by atoms with Gasteiger partial charge in [0, 0.05) is 26.3 Å². The monoisotopic (exact) mass is 428 g/mol. The minimum absolute atomic E-state index is 0.359. The molecular weight excluding hydrogens is 405 g/mol. The van der Waals surface area contributed by atoms with Gasteiger partial charge in [-0.25, -0.2) is 0 Å². The van der Waals surface area contributed by atoms with E-state index in [0.717, 1.165) is 34.7 Å². The maximum absolute atomic E-state index is 12.6. The largest absolute Gasteiger partial charge is 0.487 e. The number of pyridine rings is 1. The number of ether oxygens (including phenoxy) is 1. The van der Waals surface area contributed by atoms with Gasteiger partial charge in [0.25, 0.3) is 0 Å². The number of guanidine groups is 1. The van der Waals surface area contributed by atoms with Gasteiger partial charge in [0.2, 0.25) is 0 Å². The lowest BCUT2D eigenvalue weighted by molar-refractivity contribution is -0.137. The molecule has 0 saturated carbocycles. The number of aromatic nitrogens is 1. The van der Waals surface area contributed by atoms with E-state index < -0.39 is 11.7 Å². The fourth-order valence-electron chi connectivity index (χ4n) is 2.75. The van der Waals surface area contributed by atoms with E-state index in [1.54, 1.807) is 13.2 Å². The van der Waals surface area contributed by atoms with Gasteiger partial charge in [-0.1, -0.05) is 30.3 Å². The normalized spacial score (nSPS) is 11.8. The summed E-state index contributed by atoms with van der Waals surface area (Å²) in [5.74, 6) is 1.30. The summed E-state index contributed by atoms with van der Waals surface area (Å²) in [6.45, 7) is 1.30. The summed E-state index contributed by atoms with van der Waals surface area (Å²) in [6.07, 6.45) is -2.60. The first-order chi connectivity index (χ1) is 14.9. The Morgan fingerprint density at radius 3 is 2.03 bits per heavy atom. The Kier molecular flexibility index (Phi) is 7.48. The van der Waals surface area contributed by atoms with Crippen LogP contribution in [0, 0.1) is 0 Å². The van der Waals surface area contributed by atoms with Crippen molar-refractivity contribution in [3.8, 4) is 5.75 Å². The summed E-state index contributed by atoms with van der Waals surface area (Å²) < 4.78 is 43.6. The molecule has 2 aromatic carbocycles. The molecule has 0 aliphatic heterocycles. The molecule has 0 aliphatic rings. The van der Waals surface area contributed by atoms with Crippen LogP contribution in [0.25, 0.3) is 0 Å². The molecule has 3 rings (SSSR count). The predicted octanol–water partition coefficient (Wildman–Crippen LogP) is 4.54. The smallest absolute Gasteiger partial charge is 0.416 e. The maximum atomic E-state index is 12.6. The first-order valence-corrected chi connectivity index (χ1v) is 9.66. The van der Waals surface area contributed by atoms with Crippen molar-refractivity contribution < 1.29 is 17.9 Å². The Morgan fingerprint density at radius 2 is 1.52 bits per heavy atom. The summed E-state index contributed by atoms with van der Waals surface area (Å²) in [4.78, 5) is 8.36. The Labute approximate surface area is 179 Å². The van der Waals surface area contributed by atoms with E-state index in [2.05, 4.69) is 20.6 Å². The van der Waals surface area contributed by atoms with Crippen LogP contribution in [0.4, 0.5) is 13.2 Å². The summed E-state index contributed by atoms with van der Waals surface area (Å²) in [6, 6.07) is 18.4. The van der Waals surface area contributed by atoms with Crippen LogP contribution in [0.5, 0.6) is 5.75 Å². The number of hydrogen-bond acceptors (Lipinski definition) is 3. The quantitative estimate of drug-likeness (QED) is 0.428. The number of halogens is 3. The third kappa shape index (κ3) is 7.02. The second-order valence-corrected chi connectivity index (χ2v) is 6.73. The standard InChI is InChI=1S/C23H23F3N4O/c1-27-22(29-14-17-5-9-19(10-6-17)23(24,25)26)30-15-18-7-11-21(12-8-18)31-16-20-4-2-3-13-28-20/h2-13H,14-16H2,1H3,(H2,27,29,30). The van der Waals surface area contributed by atoms with Crippen molar-refractivity contribution in [1.29, 1.82) is 0 Å². The second kappa shape index (κ2) is 10.5. The highest BCUT2D eigenvalue weighted by atomic mass is 19.4. The first kappa shape index (κ1) is 22.1. The predicted molar refractivity (Wildman–Crippen MR) is 113 cm³/mol. The van der Waals surface area contributed by atoms with E-state index in [-0.39, 0.29) is 0 Å². The van der Waals surface area contributed by atoms with Crippen molar-refractivity contribution in [2.45, 2.75) is 25.9 Å². The molecule has 0 radical (unpaired) electrons. The van der Waals surface area contributed by atoms with Gasteiger partial charge >= 0.3 is 6.18 Å². The summed E-state index contributed by atoms with van der Waals surface area (Å²) in [7, 11) is 1.64. The fourth-order valence-corrected chi connectivity index (χ4v) is 2.75. The van der Waals surface area contributed by atoms with Gasteiger partial charge in [0.1, 0.15) is 12.4 Å². The van der Waals surface area contributed by atoms with Crippen LogP contribution in [0.3, 0.4) is 0 Å². The topological polar surface area (TPSA) is 58.5 Å². The zero-order chi connectivity index (χ0) is 22.1. The summed E-state index contributed by atoms with van der Waals surface area (Å²) >= 11 is 0. The van der Waals surface area contributed by atoms with Crippen LogP contribution in [-0.4, -0.2) is 18.0 Å². The Hall–Kier alpha value is -3.55. The molecule has 2 N–H and O–H groups in total. The first-order valence-electron chi connectivity index (χ1n) is 9.66. The molecule has 0 aliphatic carbocycles. The fraction of sp³-hybridized carbons (Fsp3) is 0.217. The van der Waals surface area contributed by atoms with Crippen LogP contribution in [0.15, 0.2) is 77.9 Å². The van der Waals surface area contributed by atoms with Crippen molar-refractivity contribution in [1.82, 2.24) is 15.6 Å². The van der Waals surface area contributed by atoms with Crippen LogP contribution in [0.1, 0.15) is 22.4 Å². The molecule has 1 aromatic heterocycles. The number of hydrogen-bond donors (Lipinski definition) is 2. The minimum Gasteiger partial charge on any atom is -0.487 e. The molecular formula is C23H23F3N4O. The van der Waals surface area contributed by atoms with Crippen molar-refractivity contribution >= 4 is 5.96 Å². The SMILES string of the molecule is CN=C(NCc1ccc(OCc2ccccn2)cc1)NCc1ccc(C(F)(F)F)cc1. The lowest BCUT2D eigenvalue weighted by Crippen LogP contribution is -2.36. The second-order valence-electron chi connectivity index (χ2n) is 6.73. The van der Waals surface area contributed by atoms with E-state index in [1.807, 2.05) is 42.5 Å². The summed E-state index contributed by atoms with van der Waals surface area (Å²) in [5, 5.41) is 6.27. The van der Waals surface area contributed by atoms with Gasteiger partial charge in [0.05, 0.1) is 11.3 Å². The zero-order valence-electron chi connectivity index (χ0n) is 17.0. The highest BCUT2D eigenvalue weighted by Crippen LogP contribution is 2.29. The third-order valence-corrected chi connectivity index (χ3v) is 4.46. The van der Waals surface area contributed by atoms with Crippen LogP contribution in [-0.2, 0) is 25.9 Å². The Bertz CT molecular complexity index is 972. The van der Waals surface area contributed by atoms with Crippen LogP contribution < -0.4 is 15.4 Å². The average molecular weight is 428 g/mol. The third-order valence-electron chi connectivity index (χ3n) is 4.46. The van der Waals surface area contributed by atoms with E-state index in [1.165, 1.54) is 12.1 Å². The highest BCUT2D eigenvalue weighted by molar-refractivity contribution is 5.79. The van der Waals surface area contributed by atoms with Crippen molar-refractivity contribution in [3.05, 3.63) is 95.3 Å². The lowest BCUT2D eigenvalue weighted by atomic mass is 10.1. The maximum Gasteiger partial charge on any atom is 0.416 e. The molecule has 0 spiro atoms.